The Morgan fingerprint density at radius 3 is 1.54 bits per heavy atom. The largest absolute Gasteiger partial charge is 0.310 e. The van der Waals surface area contributed by atoms with Gasteiger partial charge in [-0.1, -0.05) is 196 Å². The quantitative estimate of drug-likeness (QED) is 0.141. The van der Waals surface area contributed by atoms with Gasteiger partial charge in [0.05, 0.1) is 11.4 Å². The molecule has 2 heteroatoms. The SMILES string of the molecule is CC1(C)c2ccccc2-c2ccc(N(c3ccc(-c4ccccc4)cc3)c3ccc(-c4c(-c5ccccc5)c(C5=CCCC=C5)n(-c5ccccc5)c4-c4ccccc4)cc3)cc21. The van der Waals surface area contributed by atoms with Crippen LogP contribution in [0.25, 0.3) is 67.0 Å². The van der Waals surface area contributed by atoms with Gasteiger partial charge in [0.1, 0.15) is 0 Å². The minimum atomic E-state index is -0.122. The molecule has 0 N–H and O–H groups in total. The highest BCUT2D eigenvalue weighted by Crippen LogP contribution is 2.52. The topological polar surface area (TPSA) is 8.17 Å². The maximum atomic E-state index is 2.51. The van der Waals surface area contributed by atoms with E-state index in [-0.39, 0.29) is 5.41 Å². The summed E-state index contributed by atoms with van der Waals surface area (Å²) in [5.74, 6) is 0. The van der Waals surface area contributed by atoms with Gasteiger partial charge in [-0.25, -0.2) is 0 Å². The van der Waals surface area contributed by atoms with E-state index in [1.165, 1.54) is 72.6 Å². The van der Waals surface area contributed by atoms with Gasteiger partial charge in [0.25, 0.3) is 0 Å². The number of para-hydroxylation sites is 1. The molecule has 0 unspecified atom stereocenters. The molecule has 8 aromatic carbocycles. The third kappa shape index (κ3) is 6.76. The van der Waals surface area contributed by atoms with Crippen LogP contribution in [-0.2, 0) is 5.41 Å². The zero-order chi connectivity index (χ0) is 42.3. The van der Waals surface area contributed by atoms with Crippen molar-refractivity contribution in [2.24, 2.45) is 0 Å². The molecule has 0 amide bonds. The Kier molecular flexibility index (Phi) is 9.70. The Hall–Kier alpha value is -7.68. The minimum absolute atomic E-state index is 0.122. The number of benzene rings is 8. The summed E-state index contributed by atoms with van der Waals surface area (Å²) in [4.78, 5) is 2.42. The maximum Gasteiger partial charge on any atom is 0.0619 e. The fourth-order valence-electron chi connectivity index (χ4n) is 10.00. The average Bonchev–Trinajstić information content (AvgIpc) is 3.83. The van der Waals surface area contributed by atoms with Gasteiger partial charge >= 0.3 is 0 Å². The molecule has 302 valence electrons. The summed E-state index contributed by atoms with van der Waals surface area (Å²) in [7, 11) is 0. The number of nitrogens with zero attached hydrogens (tertiary/aromatic N) is 2. The first-order valence-electron chi connectivity index (χ1n) is 22.2. The second-order valence-corrected chi connectivity index (χ2v) is 17.2. The zero-order valence-corrected chi connectivity index (χ0v) is 35.7. The van der Waals surface area contributed by atoms with Crippen LogP contribution >= 0.6 is 0 Å². The zero-order valence-electron chi connectivity index (χ0n) is 35.7. The molecule has 0 aliphatic heterocycles. The molecule has 1 heterocycles. The molecule has 9 aromatic rings. The highest BCUT2D eigenvalue weighted by atomic mass is 15.1. The van der Waals surface area contributed by atoms with Crippen LogP contribution < -0.4 is 4.90 Å². The first-order chi connectivity index (χ1) is 31.0. The van der Waals surface area contributed by atoms with E-state index >= 15 is 0 Å². The summed E-state index contributed by atoms with van der Waals surface area (Å²) in [5.41, 5.74) is 21.8. The lowest BCUT2D eigenvalue weighted by molar-refractivity contribution is 0.660. The highest BCUT2D eigenvalue weighted by Gasteiger charge is 2.36. The number of hydrogen-bond acceptors (Lipinski definition) is 1. The van der Waals surface area contributed by atoms with Crippen molar-refractivity contribution in [3.05, 3.63) is 247 Å². The Morgan fingerprint density at radius 1 is 0.413 bits per heavy atom. The van der Waals surface area contributed by atoms with E-state index in [2.05, 4.69) is 254 Å². The third-order valence-electron chi connectivity index (χ3n) is 13.0. The van der Waals surface area contributed by atoms with E-state index in [4.69, 9.17) is 0 Å². The van der Waals surface area contributed by atoms with Crippen molar-refractivity contribution in [3.63, 3.8) is 0 Å². The van der Waals surface area contributed by atoms with Crippen molar-refractivity contribution < 1.29 is 0 Å². The van der Waals surface area contributed by atoms with Crippen LogP contribution in [0, 0.1) is 0 Å². The fraction of sp³-hybridized carbons (Fsp3) is 0.0820. The lowest BCUT2D eigenvalue weighted by atomic mass is 9.82. The molecule has 0 saturated heterocycles. The van der Waals surface area contributed by atoms with Gasteiger partial charge in [0, 0.05) is 39.3 Å². The summed E-state index contributed by atoms with van der Waals surface area (Å²) < 4.78 is 2.51. The number of fused-ring (bicyclic) bond motifs is 3. The average molecular weight is 809 g/mol. The molecule has 0 radical (unpaired) electrons. The Morgan fingerprint density at radius 2 is 0.905 bits per heavy atom. The molecule has 2 aliphatic carbocycles. The van der Waals surface area contributed by atoms with Crippen LogP contribution in [0.4, 0.5) is 17.1 Å². The van der Waals surface area contributed by atoms with E-state index in [9.17, 15) is 0 Å². The summed E-state index contributed by atoms with van der Waals surface area (Å²) in [6.07, 6.45) is 9.13. The van der Waals surface area contributed by atoms with Gasteiger partial charge in [-0.3, -0.25) is 0 Å². The summed E-state index contributed by atoms with van der Waals surface area (Å²) >= 11 is 0. The van der Waals surface area contributed by atoms with Crippen molar-refractivity contribution in [3.8, 4) is 61.5 Å². The number of allylic oxidation sites excluding steroid dienone is 4. The molecule has 0 atom stereocenters. The molecular weight excluding hydrogens is 761 g/mol. The normalized spacial score (nSPS) is 13.6. The number of aromatic nitrogens is 1. The Bertz CT molecular complexity index is 3140. The molecule has 0 fully saturated rings. The van der Waals surface area contributed by atoms with E-state index in [0.717, 1.165) is 41.2 Å². The van der Waals surface area contributed by atoms with Crippen LogP contribution in [0.1, 0.15) is 43.5 Å². The molecule has 0 spiro atoms. The van der Waals surface area contributed by atoms with Crippen molar-refractivity contribution in [1.29, 1.82) is 0 Å². The molecular formula is C61H48N2. The number of hydrogen-bond donors (Lipinski definition) is 0. The second-order valence-electron chi connectivity index (χ2n) is 17.2. The first-order valence-corrected chi connectivity index (χ1v) is 22.2. The fourth-order valence-corrected chi connectivity index (χ4v) is 10.00. The van der Waals surface area contributed by atoms with Crippen LogP contribution in [0.3, 0.4) is 0 Å². The van der Waals surface area contributed by atoms with Crippen molar-refractivity contribution in [1.82, 2.24) is 4.57 Å². The van der Waals surface area contributed by atoms with Gasteiger partial charge in [-0.2, -0.15) is 0 Å². The summed E-state index contributed by atoms with van der Waals surface area (Å²) in [6, 6.07) is 77.7. The third-order valence-corrected chi connectivity index (χ3v) is 13.0. The van der Waals surface area contributed by atoms with Crippen molar-refractivity contribution >= 4 is 22.6 Å². The Labute approximate surface area is 371 Å². The van der Waals surface area contributed by atoms with Gasteiger partial charge in [0.2, 0.25) is 0 Å². The molecule has 63 heavy (non-hydrogen) atoms. The van der Waals surface area contributed by atoms with Crippen LogP contribution in [0.2, 0.25) is 0 Å². The lowest BCUT2D eigenvalue weighted by Crippen LogP contribution is -2.16. The second kappa shape index (κ2) is 16.0. The number of anilines is 3. The van der Waals surface area contributed by atoms with E-state index < -0.39 is 0 Å². The first kappa shape index (κ1) is 38.3. The predicted molar refractivity (Wildman–Crippen MR) is 266 cm³/mol. The van der Waals surface area contributed by atoms with E-state index in [1.54, 1.807) is 0 Å². The number of rotatable bonds is 9. The van der Waals surface area contributed by atoms with Gasteiger partial charge in [-0.15, -0.1) is 0 Å². The minimum Gasteiger partial charge on any atom is -0.310 e. The summed E-state index contributed by atoms with van der Waals surface area (Å²) in [6.45, 7) is 4.72. The van der Waals surface area contributed by atoms with Crippen LogP contribution in [0.15, 0.2) is 231 Å². The Balaban J connectivity index is 1.12. The molecule has 0 saturated carbocycles. The van der Waals surface area contributed by atoms with Crippen LogP contribution in [-0.4, -0.2) is 4.57 Å². The molecule has 0 bridgehead atoms. The van der Waals surface area contributed by atoms with E-state index in [1.807, 2.05) is 0 Å². The van der Waals surface area contributed by atoms with Gasteiger partial charge in [0.15, 0.2) is 0 Å². The summed E-state index contributed by atoms with van der Waals surface area (Å²) in [5, 5.41) is 0. The monoisotopic (exact) mass is 808 g/mol. The van der Waals surface area contributed by atoms with Crippen molar-refractivity contribution in [2.45, 2.75) is 32.1 Å². The standard InChI is InChI=1S/C61H48N2/c1-61(2)55-31-19-18-30-53(55)54-41-40-52(42-56(54)61)62(50-36-32-44(33-37-50)43-20-8-3-9-21-43)51-38-34-46(35-39-51)58-57(45-22-10-4-11-23-45)59(47-24-12-5-13-25-47)63(49-28-16-7-17-29-49)60(58)48-26-14-6-15-27-48/h3-4,6-12,14-42H,5,13H2,1-2H3. The predicted octanol–water partition coefficient (Wildman–Crippen LogP) is 16.7. The lowest BCUT2D eigenvalue weighted by Gasteiger charge is -2.28. The molecule has 11 rings (SSSR count). The van der Waals surface area contributed by atoms with Gasteiger partial charge in [-0.05, 0) is 117 Å². The van der Waals surface area contributed by atoms with E-state index in [0.29, 0.717) is 0 Å². The van der Waals surface area contributed by atoms with Crippen molar-refractivity contribution in [2.75, 3.05) is 4.90 Å². The molecule has 2 nitrogen and oxygen atoms in total. The van der Waals surface area contributed by atoms with Crippen LogP contribution in [0.5, 0.6) is 0 Å². The highest BCUT2D eigenvalue weighted by molar-refractivity contribution is 6.02. The van der Waals surface area contributed by atoms with Gasteiger partial charge < -0.3 is 9.47 Å². The maximum absolute atomic E-state index is 2.51. The smallest absolute Gasteiger partial charge is 0.0619 e. The molecule has 2 aliphatic rings. The molecule has 1 aromatic heterocycles.